The van der Waals surface area contributed by atoms with Crippen molar-refractivity contribution in [3.8, 4) is 5.75 Å². The zero-order valence-corrected chi connectivity index (χ0v) is 11.8. The number of hydrogen-bond donors (Lipinski definition) is 1. The zero-order valence-electron chi connectivity index (χ0n) is 11.8. The van der Waals surface area contributed by atoms with Crippen LogP contribution in [-0.2, 0) is 4.74 Å². The quantitative estimate of drug-likeness (QED) is 0.887. The van der Waals surface area contributed by atoms with Crippen molar-refractivity contribution in [3.05, 3.63) is 29.6 Å². The van der Waals surface area contributed by atoms with Gasteiger partial charge in [0.05, 0.1) is 18.8 Å². The predicted octanol–water partition coefficient (Wildman–Crippen LogP) is 1.08. The van der Waals surface area contributed by atoms with Gasteiger partial charge in [-0.1, -0.05) is 0 Å². The highest BCUT2D eigenvalue weighted by Crippen LogP contribution is 2.24. The van der Waals surface area contributed by atoms with Crippen molar-refractivity contribution >= 4 is 5.91 Å². The summed E-state index contributed by atoms with van der Waals surface area (Å²) < 4.78 is 18.6. The van der Waals surface area contributed by atoms with Crippen LogP contribution < -0.4 is 0 Å². The second-order valence-corrected chi connectivity index (χ2v) is 5.50. The molecule has 2 aliphatic heterocycles. The summed E-state index contributed by atoms with van der Waals surface area (Å²) in [5.41, 5.74) is 0.0395. The maximum atomic E-state index is 13.3. The number of aromatic hydroxyl groups is 1. The Labute approximate surface area is 122 Å². The zero-order chi connectivity index (χ0) is 14.8. The Kier molecular flexibility index (Phi) is 4.07. The van der Waals surface area contributed by atoms with Gasteiger partial charge in [0.15, 0.2) is 0 Å². The van der Waals surface area contributed by atoms with E-state index in [4.69, 9.17) is 4.74 Å². The standard InChI is InChI=1S/C15H19FN2O3/c16-11-1-2-14(19)13(9-11)15(20)18-4-3-12(10-18)17-5-7-21-8-6-17/h1-2,9,12,19H,3-8,10H2. The molecule has 0 aliphatic carbocycles. The maximum absolute atomic E-state index is 13.3. The van der Waals surface area contributed by atoms with Gasteiger partial charge in [-0.3, -0.25) is 9.69 Å². The first kappa shape index (κ1) is 14.3. The van der Waals surface area contributed by atoms with Gasteiger partial charge in [-0.05, 0) is 24.6 Å². The first-order valence-electron chi connectivity index (χ1n) is 7.25. The summed E-state index contributed by atoms with van der Waals surface area (Å²) in [6.45, 7) is 4.49. The number of benzene rings is 1. The average Bonchev–Trinajstić information content (AvgIpc) is 3.00. The van der Waals surface area contributed by atoms with E-state index >= 15 is 0 Å². The third-order valence-electron chi connectivity index (χ3n) is 4.20. The van der Waals surface area contributed by atoms with E-state index in [0.717, 1.165) is 44.9 Å². The first-order chi connectivity index (χ1) is 10.1. The first-order valence-corrected chi connectivity index (χ1v) is 7.25. The average molecular weight is 294 g/mol. The van der Waals surface area contributed by atoms with Crippen molar-refractivity contribution in [3.63, 3.8) is 0 Å². The molecule has 2 fully saturated rings. The number of likely N-dealkylation sites (tertiary alicyclic amines) is 1. The molecule has 1 atom stereocenters. The molecule has 21 heavy (non-hydrogen) atoms. The third-order valence-corrected chi connectivity index (χ3v) is 4.20. The number of ether oxygens (including phenoxy) is 1. The largest absolute Gasteiger partial charge is 0.507 e. The molecule has 1 unspecified atom stereocenters. The molecule has 6 heteroatoms. The van der Waals surface area contributed by atoms with Gasteiger partial charge in [0.1, 0.15) is 11.6 Å². The molecule has 3 rings (SSSR count). The minimum Gasteiger partial charge on any atom is -0.507 e. The summed E-state index contributed by atoms with van der Waals surface area (Å²) in [6.07, 6.45) is 0.905. The maximum Gasteiger partial charge on any atom is 0.257 e. The van der Waals surface area contributed by atoms with Crippen LogP contribution in [0.3, 0.4) is 0 Å². The van der Waals surface area contributed by atoms with Crippen LogP contribution in [0.4, 0.5) is 4.39 Å². The van der Waals surface area contributed by atoms with E-state index in [1.54, 1.807) is 4.90 Å². The van der Waals surface area contributed by atoms with Crippen LogP contribution in [-0.4, -0.2) is 66.2 Å². The Balaban J connectivity index is 1.67. The molecular weight excluding hydrogens is 275 g/mol. The third kappa shape index (κ3) is 3.01. The highest BCUT2D eigenvalue weighted by Gasteiger charge is 2.32. The molecule has 114 valence electrons. The molecule has 0 saturated carbocycles. The van der Waals surface area contributed by atoms with E-state index in [1.165, 1.54) is 6.07 Å². The second kappa shape index (κ2) is 5.99. The number of nitrogens with zero attached hydrogens (tertiary/aromatic N) is 2. The summed E-state index contributed by atoms with van der Waals surface area (Å²) >= 11 is 0. The van der Waals surface area contributed by atoms with Gasteiger partial charge in [0.2, 0.25) is 0 Å². The molecule has 2 aliphatic rings. The normalized spacial score (nSPS) is 23.5. The second-order valence-electron chi connectivity index (χ2n) is 5.50. The van der Waals surface area contributed by atoms with Crippen molar-refractivity contribution in [2.75, 3.05) is 39.4 Å². The van der Waals surface area contributed by atoms with Crippen LogP contribution in [0.5, 0.6) is 5.75 Å². The summed E-state index contributed by atoms with van der Waals surface area (Å²) in [5.74, 6) is -0.987. The lowest BCUT2D eigenvalue weighted by molar-refractivity contribution is 0.0185. The fraction of sp³-hybridized carbons (Fsp3) is 0.533. The van der Waals surface area contributed by atoms with Gasteiger partial charge in [0.25, 0.3) is 5.91 Å². The van der Waals surface area contributed by atoms with Gasteiger partial charge < -0.3 is 14.7 Å². The number of carbonyl (C=O) groups is 1. The SMILES string of the molecule is O=C(c1cc(F)ccc1O)N1CCC(N2CCOCC2)C1. The molecule has 0 bridgehead atoms. The van der Waals surface area contributed by atoms with Gasteiger partial charge in [0, 0.05) is 32.2 Å². The van der Waals surface area contributed by atoms with Crippen molar-refractivity contribution in [1.29, 1.82) is 0 Å². The number of halogens is 1. The summed E-state index contributed by atoms with van der Waals surface area (Å²) in [6, 6.07) is 3.79. The molecule has 1 amide bonds. The van der Waals surface area contributed by atoms with Gasteiger partial charge >= 0.3 is 0 Å². The smallest absolute Gasteiger partial charge is 0.257 e. The minimum absolute atomic E-state index is 0.0395. The Morgan fingerprint density at radius 2 is 2.05 bits per heavy atom. The molecular formula is C15H19FN2O3. The number of phenolic OH excluding ortho intramolecular Hbond substituents is 1. The monoisotopic (exact) mass is 294 g/mol. The lowest BCUT2D eigenvalue weighted by atomic mass is 10.1. The molecule has 1 aromatic rings. The Bertz CT molecular complexity index is 532. The fourth-order valence-electron chi connectivity index (χ4n) is 3.02. The summed E-state index contributed by atoms with van der Waals surface area (Å²) in [4.78, 5) is 16.4. The molecule has 0 radical (unpaired) electrons. The van der Waals surface area contributed by atoms with Crippen LogP contribution in [0.15, 0.2) is 18.2 Å². The molecule has 1 aromatic carbocycles. The highest BCUT2D eigenvalue weighted by atomic mass is 19.1. The number of carbonyl (C=O) groups excluding carboxylic acids is 1. The molecule has 5 nitrogen and oxygen atoms in total. The topological polar surface area (TPSA) is 53.0 Å². The van der Waals surface area contributed by atoms with Crippen LogP contribution in [0.2, 0.25) is 0 Å². The van der Waals surface area contributed by atoms with Crippen LogP contribution >= 0.6 is 0 Å². The van der Waals surface area contributed by atoms with E-state index in [1.807, 2.05) is 0 Å². The number of phenols is 1. The van der Waals surface area contributed by atoms with E-state index in [-0.39, 0.29) is 17.2 Å². The lowest BCUT2D eigenvalue weighted by Gasteiger charge is -2.32. The summed E-state index contributed by atoms with van der Waals surface area (Å²) in [7, 11) is 0. The molecule has 1 N–H and O–H groups in total. The number of morpholine rings is 1. The van der Waals surface area contributed by atoms with Crippen LogP contribution in [0.25, 0.3) is 0 Å². The Morgan fingerprint density at radius 3 is 2.81 bits per heavy atom. The highest BCUT2D eigenvalue weighted by molar-refractivity contribution is 5.97. The van der Waals surface area contributed by atoms with Gasteiger partial charge in [-0.15, -0.1) is 0 Å². The fourth-order valence-corrected chi connectivity index (χ4v) is 3.02. The van der Waals surface area contributed by atoms with E-state index in [2.05, 4.69) is 4.90 Å². The number of rotatable bonds is 2. The predicted molar refractivity (Wildman–Crippen MR) is 74.8 cm³/mol. The number of amides is 1. The molecule has 0 spiro atoms. The van der Waals surface area contributed by atoms with Gasteiger partial charge in [-0.2, -0.15) is 0 Å². The van der Waals surface area contributed by atoms with Crippen molar-refractivity contribution < 1.29 is 19.0 Å². The minimum atomic E-state index is -0.514. The Hall–Kier alpha value is -1.66. The van der Waals surface area contributed by atoms with Crippen LogP contribution in [0.1, 0.15) is 16.8 Å². The van der Waals surface area contributed by atoms with Crippen molar-refractivity contribution in [1.82, 2.24) is 9.80 Å². The molecule has 0 aromatic heterocycles. The van der Waals surface area contributed by atoms with E-state index < -0.39 is 5.82 Å². The lowest BCUT2D eigenvalue weighted by Crippen LogP contribution is -2.45. The summed E-state index contributed by atoms with van der Waals surface area (Å²) in [5, 5.41) is 9.74. The Morgan fingerprint density at radius 1 is 1.29 bits per heavy atom. The molecule has 2 saturated heterocycles. The van der Waals surface area contributed by atoms with Crippen LogP contribution in [0, 0.1) is 5.82 Å². The van der Waals surface area contributed by atoms with Crippen molar-refractivity contribution in [2.45, 2.75) is 12.5 Å². The van der Waals surface area contributed by atoms with E-state index in [9.17, 15) is 14.3 Å². The van der Waals surface area contributed by atoms with Crippen molar-refractivity contribution in [2.24, 2.45) is 0 Å². The van der Waals surface area contributed by atoms with Gasteiger partial charge in [-0.25, -0.2) is 4.39 Å². The number of hydrogen-bond acceptors (Lipinski definition) is 4. The van der Waals surface area contributed by atoms with E-state index in [0.29, 0.717) is 19.1 Å². The molecule has 2 heterocycles.